The zero-order chi connectivity index (χ0) is 21.3. The van der Waals surface area contributed by atoms with Crippen molar-refractivity contribution >= 4 is 11.0 Å². The third kappa shape index (κ3) is 4.35. The Morgan fingerprint density at radius 1 is 1.23 bits per heavy atom. The third-order valence-corrected chi connectivity index (χ3v) is 6.16. The van der Waals surface area contributed by atoms with Crippen molar-refractivity contribution in [2.45, 2.75) is 32.7 Å². The number of nitrogens with zero attached hydrogens (tertiary/aromatic N) is 3. The van der Waals surface area contributed by atoms with E-state index in [0.29, 0.717) is 23.7 Å². The fourth-order valence-corrected chi connectivity index (χ4v) is 4.22. The molecule has 1 aromatic heterocycles. The first-order valence-corrected chi connectivity index (χ1v) is 10.7. The molecule has 2 aromatic carbocycles. The van der Waals surface area contributed by atoms with Crippen molar-refractivity contribution < 1.29 is 9.13 Å². The van der Waals surface area contributed by atoms with Gasteiger partial charge in [0, 0.05) is 30.3 Å². The quantitative estimate of drug-likeness (QED) is 0.587. The number of rotatable bonds is 7. The molecule has 1 aliphatic heterocycles. The summed E-state index contributed by atoms with van der Waals surface area (Å²) in [5.41, 5.74) is 4.19. The Bertz CT molecular complexity index is 1030. The molecule has 1 fully saturated rings. The molecule has 0 radical (unpaired) electrons. The van der Waals surface area contributed by atoms with Crippen molar-refractivity contribution in [3.63, 3.8) is 0 Å². The Labute approximate surface area is 177 Å². The van der Waals surface area contributed by atoms with Crippen molar-refractivity contribution in [1.82, 2.24) is 19.8 Å². The minimum Gasteiger partial charge on any atom is -0.494 e. The molecule has 1 atom stereocenters. The zero-order valence-corrected chi connectivity index (χ0v) is 18.3. The summed E-state index contributed by atoms with van der Waals surface area (Å²) < 4.78 is 19.8. The van der Waals surface area contributed by atoms with Gasteiger partial charge in [0.2, 0.25) is 0 Å². The summed E-state index contributed by atoms with van der Waals surface area (Å²) in [6.45, 7) is 7.93. The van der Waals surface area contributed by atoms with Gasteiger partial charge in [-0.05, 0) is 83.2 Å². The standard InChI is InChI=1S/C24H31FN4O/c1-16-14-19(30-13-5-11-29-12-10-18(15-29)28(3)4)6-7-20(16)24-26-22-9-8-21(25)17(2)23(22)27-24/h6-9,14,18H,5,10-13,15H2,1-4H3,(H,26,27). The normalized spacial score (nSPS) is 17.3. The number of hydrogen-bond acceptors (Lipinski definition) is 4. The summed E-state index contributed by atoms with van der Waals surface area (Å²) in [4.78, 5) is 12.8. The zero-order valence-electron chi connectivity index (χ0n) is 18.3. The van der Waals surface area contributed by atoms with E-state index in [1.807, 2.05) is 18.2 Å². The second-order valence-corrected chi connectivity index (χ2v) is 8.54. The second kappa shape index (κ2) is 8.74. The molecule has 5 nitrogen and oxygen atoms in total. The van der Waals surface area contributed by atoms with Crippen LogP contribution in [0.3, 0.4) is 0 Å². The van der Waals surface area contributed by atoms with Gasteiger partial charge in [-0.3, -0.25) is 0 Å². The highest BCUT2D eigenvalue weighted by Crippen LogP contribution is 2.28. The topological polar surface area (TPSA) is 44.4 Å². The molecule has 4 rings (SSSR count). The number of hydrogen-bond donors (Lipinski definition) is 1. The van der Waals surface area contributed by atoms with Crippen LogP contribution < -0.4 is 4.74 Å². The van der Waals surface area contributed by atoms with Gasteiger partial charge < -0.3 is 19.5 Å². The van der Waals surface area contributed by atoms with Crippen LogP contribution in [0.2, 0.25) is 0 Å². The van der Waals surface area contributed by atoms with E-state index in [0.717, 1.165) is 47.7 Å². The lowest BCUT2D eigenvalue weighted by atomic mass is 10.1. The number of likely N-dealkylation sites (tertiary alicyclic amines) is 1. The number of H-pyrrole nitrogens is 1. The molecule has 1 N–H and O–H groups in total. The number of aromatic nitrogens is 2. The maximum Gasteiger partial charge on any atom is 0.138 e. The van der Waals surface area contributed by atoms with Crippen molar-refractivity contribution in [3.05, 3.63) is 47.3 Å². The first kappa shape index (κ1) is 20.8. The van der Waals surface area contributed by atoms with E-state index < -0.39 is 0 Å². The summed E-state index contributed by atoms with van der Waals surface area (Å²) in [5.74, 6) is 1.40. The van der Waals surface area contributed by atoms with Gasteiger partial charge in [0.05, 0.1) is 17.6 Å². The lowest BCUT2D eigenvalue weighted by Crippen LogP contribution is -2.32. The van der Waals surface area contributed by atoms with E-state index in [9.17, 15) is 4.39 Å². The molecular weight excluding hydrogens is 379 g/mol. The number of fused-ring (bicyclic) bond motifs is 1. The molecular formula is C24H31FN4O. The molecule has 0 saturated carbocycles. The van der Waals surface area contributed by atoms with Crippen molar-refractivity contribution in [1.29, 1.82) is 0 Å². The van der Waals surface area contributed by atoms with Gasteiger partial charge in [0.1, 0.15) is 17.4 Å². The molecule has 1 saturated heterocycles. The SMILES string of the molecule is Cc1cc(OCCCN2CCC(N(C)C)C2)ccc1-c1nc2c(C)c(F)ccc2[nH]1. The van der Waals surface area contributed by atoms with Crippen LogP contribution in [-0.4, -0.2) is 66.1 Å². The van der Waals surface area contributed by atoms with E-state index in [4.69, 9.17) is 4.74 Å². The van der Waals surface area contributed by atoms with Crippen LogP contribution in [0.15, 0.2) is 30.3 Å². The van der Waals surface area contributed by atoms with E-state index in [1.165, 1.54) is 19.0 Å². The van der Waals surface area contributed by atoms with Gasteiger partial charge in [0.25, 0.3) is 0 Å². The average molecular weight is 411 g/mol. The largest absolute Gasteiger partial charge is 0.494 e. The third-order valence-electron chi connectivity index (χ3n) is 6.16. The van der Waals surface area contributed by atoms with Crippen LogP contribution in [0.5, 0.6) is 5.75 Å². The number of imidazole rings is 1. The minimum absolute atomic E-state index is 0.229. The number of nitrogens with one attached hydrogen (secondary N) is 1. The molecule has 160 valence electrons. The molecule has 0 spiro atoms. The number of aryl methyl sites for hydroxylation is 2. The highest BCUT2D eigenvalue weighted by atomic mass is 19.1. The van der Waals surface area contributed by atoms with Gasteiger partial charge in [-0.1, -0.05) is 0 Å². The number of ether oxygens (including phenoxy) is 1. The predicted octanol–water partition coefficient (Wildman–Crippen LogP) is 4.39. The Morgan fingerprint density at radius 3 is 2.80 bits per heavy atom. The van der Waals surface area contributed by atoms with Crippen LogP contribution in [0.4, 0.5) is 4.39 Å². The predicted molar refractivity (Wildman–Crippen MR) is 120 cm³/mol. The van der Waals surface area contributed by atoms with Gasteiger partial charge >= 0.3 is 0 Å². The molecule has 3 aromatic rings. The summed E-state index contributed by atoms with van der Waals surface area (Å²) >= 11 is 0. The maximum atomic E-state index is 13.8. The van der Waals surface area contributed by atoms with Gasteiger partial charge in [-0.15, -0.1) is 0 Å². The smallest absolute Gasteiger partial charge is 0.138 e. The molecule has 1 aliphatic rings. The van der Waals surface area contributed by atoms with Gasteiger partial charge in [-0.2, -0.15) is 0 Å². The number of likely N-dealkylation sites (N-methyl/N-ethyl adjacent to an activating group) is 1. The fraction of sp³-hybridized carbons (Fsp3) is 0.458. The Morgan fingerprint density at radius 2 is 2.07 bits per heavy atom. The fourth-order valence-electron chi connectivity index (χ4n) is 4.22. The molecule has 30 heavy (non-hydrogen) atoms. The first-order valence-electron chi connectivity index (χ1n) is 10.7. The van der Waals surface area contributed by atoms with Crippen LogP contribution >= 0.6 is 0 Å². The first-order chi connectivity index (χ1) is 14.4. The Balaban J connectivity index is 1.35. The molecule has 0 bridgehead atoms. The number of aromatic amines is 1. The van der Waals surface area contributed by atoms with Gasteiger partial charge in [-0.25, -0.2) is 9.37 Å². The summed E-state index contributed by atoms with van der Waals surface area (Å²) in [6.07, 6.45) is 2.28. The molecule has 0 aliphatic carbocycles. The summed E-state index contributed by atoms with van der Waals surface area (Å²) in [5, 5.41) is 0. The summed E-state index contributed by atoms with van der Waals surface area (Å²) in [7, 11) is 4.32. The maximum absolute atomic E-state index is 13.8. The van der Waals surface area contributed by atoms with Crippen LogP contribution in [-0.2, 0) is 0 Å². The lowest BCUT2D eigenvalue weighted by molar-refractivity contribution is 0.242. The van der Waals surface area contributed by atoms with Crippen LogP contribution in [0, 0.1) is 19.7 Å². The number of halogens is 1. The lowest BCUT2D eigenvalue weighted by Gasteiger charge is -2.20. The monoisotopic (exact) mass is 410 g/mol. The van der Waals surface area contributed by atoms with Crippen LogP contribution in [0.25, 0.3) is 22.4 Å². The molecule has 6 heteroatoms. The minimum atomic E-state index is -0.229. The van der Waals surface area contributed by atoms with E-state index in [-0.39, 0.29) is 5.82 Å². The van der Waals surface area contributed by atoms with Crippen LogP contribution in [0.1, 0.15) is 24.0 Å². The molecule has 1 unspecified atom stereocenters. The second-order valence-electron chi connectivity index (χ2n) is 8.54. The van der Waals surface area contributed by atoms with Crippen molar-refractivity contribution in [3.8, 4) is 17.1 Å². The average Bonchev–Trinajstić information content (AvgIpc) is 3.36. The summed E-state index contributed by atoms with van der Waals surface area (Å²) in [6, 6.07) is 9.96. The Kier molecular flexibility index (Phi) is 6.06. The molecule has 2 heterocycles. The highest BCUT2D eigenvalue weighted by Gasteiger charge is 2.23. The van der Waals surface area contributed by atoms with Gasteiger partial charge in [0.15, 0.2) is 0 Å². The highest BCUT2D eigenvalue weighted by molar-refractivity contribution is 5.83. The van der Waals surface area contributed by atoms with Crippen molar-refractivity contribution in [2.24, 2.45) is 0 Å². The van der Waals surface area contributed by atoms with E-state index in [2.05, 4.69) is 40.8 Å². The van der Waals surface area contributed by atoms with E-state index >= 15 is 0 Å². The van der Waals surface area contributed by atoms with Crippen molar-refractivity contribution in [2.75, 3.05) is 40.3 Å². The van der Waals surface area contributed by atoms with E-state index in [1.54, 1.807) is 13.0 Å². The molecule has 0 amide bonds. The number of benzene rings is 2. The Hall–Kier alpha value is -2.44.